The number of hydrogen-bond donors (Lipinski definition) is 2. The van der Waals surface area contributed by atoms with Crippen LogP contribution in [0.1, 0.15) is 41.6 Å². The molecule has 0 radical (unpaired) electrons. The normalized spacial score (nSPS) is 24.3. The molecule has 1 amide bonds. The predicted octanol–water partition coefficient (Wildman–Crippen LogP) is 0.491. The standard InChI is InChI=1S/C9H14N4OS/c1-4(2)7-8(15-13-12-7)9(14)11-6-3-5(6)10/h4-6H,3,10H2,1-2H3,(H,11,14). The fraction of sp³-hybridized carbons (Fsp3) is 0.667. The van der Waals surface area contributed by atoms with Gasteiger partial charge >= 0.3 is 0 Å². The average Bonchev–Trinajstić information content (AvgIpc) is 2.71. The molecule has 1 heterocycles. The second kappa shape index (κ2) is 3.86. The number of rotatable bonds is 3. The lowest BCUT2D eigenvalue weighted by atomic mass is 10.1. The van der Waals surface area contributed by atoms with E-state index in [0.717, 1.165) is 23.6 Å². The minimum absolute atomic E-state index is 0.0911. The zero-order valence-corrected chi connectivity index (χ0v) is 9.54. The van der Waals surface area contributed by atoms with Crippen LogP contribution in [0.5, 0.6) is 0 Å². The van der Waals surface area contributed by atoms with Gasteiger partial charge in [0.1, 0.15) is 4.88 Å². The highest BCUT2D eigenvalue weighted by atomic mass is 32.1. The van der Waals surface area contributed by atoms with E-state index in [-0.39, 0.29) is 23.9 Å². The highest BCUT2D eigenvalue weighted by Gasteiger charge is 2.35. The molecule has 15 heavy (non-hydrogen) atoms. The average molecular weight is 226 g/mol. The molecule has 1 aliphatic rings. The SMILES string of the molecule is CC(C)c1nnsc1C(=O)NC1CC1N. The number of nitrogens with two attached hydrogens (primary N) is 1. The van der Waals surface area contributed by atoms with Gasteiger partial charge in [-0.3, -0.25) is 4.79 Å². The second-order valence-corrected chi connectivity index (χ2v) is 4.88. The van der Waals surface area contributed by atoms with Crippen molar-refractivity contribution in [2.24, 2.45) is 5.73 Å². The molecule has 0 aliphatic heterocycles. The van der Waals surface area contributed by atoms with Gasteiger partial charge in [0.2, 0.25) is 0 Å². The van der Waals surface area contributed by atoms with Crippen LogP contribution in [0.3, 0.4) is 0 Å². The highest BCUT2D eigenvalue weighted by Crippen LogP contribution is 2.22. The first-order chi connectivity index (χ1) is 7.09. The summed E-state index contributed by atoms with van der Waals surface area (Å²) in [6.07, 6.45) is 0.870. The molecule has 1 aliphatic carbocycles. The van der Waals surface area contributed by atoms with Gasteiger partial charge in [-0.15, -0.1) is 5.10 Å². The molecule has 6 heteroatoms. The van der Waals surface area contributed by atoms with Crippen LogP contribution in [-0.4, -0.2) is 27.6 Å². The van der Waals surface area contributed by atoms with Crippen molar-refractivity contribution in [2.45, 2.75) is 38.3 Å². The largest absolute Gasteiger partial charge is 0.347 e. The van der Waals surface area contributed by atoms with Crippen molar-refractivity contribution < 1.29 is 4.79 Å². The molecule has 1 fully saturated rings. The van der Waals surface area contributed by atoms with Crippen LogP contribution < -0.4 is 11.1 Å². The summed E-state index contributed by atoms with van der Waals surface area (Å²) >= 11 is 1.14. The van der Waals surface area contributed by atoms with Gasteiger partial charge in [-0.1, -0.05) is 18.3 Å². The Bertz CT molecular complexity index is 376. The van der Waals surface area contributed by atoms with Gasteiger partial charge in [-0.2, -0.15) is 0 Å². The van der Waals surface area contributed by atoms with Gasteiger partial charge in [0, 0.05) is 12.1 Å². The number of nitrogens with one attached hydrogen (secondary N) is 1. The van der Waals surface area contributed by atoms with Crippen LogP contribution in [0, 0.1) is 0 Å². The monoisotopic (exact) mass is 226 g/mol. The first kappa shape index (κ1) is 10.5. The van der Waals surface area contributed by atoms with Crippen molar-refractivity contribution in [3.05, 3.63) is 10.6 Å². The summed E-state index contributed by atoms with van der Waals surface area (Å²) in [6, 6.07) is 0.261. The Balaban J connectivity index is 2.07. The summed E-state index contributed by atoms with van der Waals surface area (Å²) in [5.74, 6) is 0.129. The van der Waals surface area contributed by atoms with Crippen molar-refractivity contribution in [3.63, 3.8) is 0 Å². The molecule has 3 N–H and O–H groups in total. The second-order valence-electron chi connectivity index (χ2n) is 4.12. The molecule has 2 atom stereocenters. The van der Waals surface area contributed by atoms with E-state index in [9.17, 15) is 4.79 Å². The van der Waals surface area contributed by atoms with Crippen molar-refractivity contribution in [2.75, 3.05) is 0 Å². The van der Waals surface area contributed by atoms with Crippen LogP contribution in [0.25, 0.3) is 0 Å². The third kappa shape index (κ3) is 2.15. The van der Waals surface area contributed by atoms with E-state index in [1.165, 1.54) is 0 Å². The Kier molecular flexibility index (Phi) is 2.70. The van der Waals surface area contributed by atoms with E-state index in [1.54, 1.807) is 0 Å². The van der Waals surface area contributed by atoms with Crippen molar-refractivity contribution in [3.8, 4) is 0 Å². The first-order valence-corrected chi connectivity index (χ1v) is 5.75. The van der Waals surface area contributed by atoms with Crippen LogP contribution in [-0.2, 0) is 0 Å². The quantitative estimate of drug-likeness (QED) is 0.786. The molecule has 1 saturated carbocycles. The summed E-state index contributed by atoms with van der Waals surface area (Å²) < 4.78 is 3.81. The lowest BCUT2D eigenvalue weighted by Crippen LogP contribution is -2.29. The molecular weight excluding hydrogens is 212 g/mol. The molecule has 2 rings (SSSR count). The van der Waals surface area contributed by atoms with E-state index in [4.69, 9.17) is 5.73 Å². The molecule has 1 aromatic heterocycles. The molecule has 0 aromatic carbocycles. The molecule has 0 spiro atoms. The maximum Gasteiger partial charge on any atom is 0.265 e. The van der Waals surface area contributed by atoms with E-state index in [1.807, 2.05) is 13.8 Å². The maximum absolute atomic E-state index is 11.8. The Morgan fingerprint density at radius 3 is 2.87 bits per heavy atom. The van der Waals surface area contributed by atoms with Crippen LogP contribution in [0.15, 0.2) is 0 Å². The van der Waals surface area contributed by atoms with Crippen molar-refractivity contribution in [1.82, 2.24) is 14.9 Å². The van der Waals surface area contributed by atoms with E-state index < -0.39 is 0 Å². The Morgan fingerprint density at radius 2 is 2.33 bits per heavy atom. The molecule has 0 bridgehead atoms. The summed E-state index contributed by atoms with van der Waals surface area (Å²) in [7, 11) is 0. The van der Waals surface area contributed by atoms with Gasteiger partial charge in [0.25, 0.3) is 5.91 Å². The van der Waals surface area contributed by atoms with Crippen LogP contribution >= 0.6 is 11.5 Å². The lowest BCUT2D eigenvalue weighted by Gasteiger charge is -2.04. The van der Waals surface area contributed by atoms with Gasteiger partial charge < -0.3 is 11.1 Å². The van der Waals surface area contributed by atoms with E-state index in [2.05, 4.69) is 14.9 Å². The summed E-state index contributed by atoms with van der Waals surface area (Å²) in [4.78, 5) is 12.4. The fourth-order valence-corrected chi connectivity index (χ4v) is 2.07. The summed E-state index contributed by atoms with van der Waals surface area (Å²) in [5.41, 5.74) is 6.39. The van der Waals surface area contributed by atoms with Crippen molar-refractivity contribution in [1.29, 1.82) is 0 Å². The fourth-order valence-electron chi connectivity index (χ4n) is 1.35. The number of hydrogen-bond acceptors (Lipinski definition) is 5. The number of amides is 1. The van der Waals surface area contributed by atoms with Crippen LogP contribution in [0.2, 0.25) is 0 Å². The van der Waals surface area contributed by atoms with Gasteiger partial charge in [-0.05, 0) is 23.9 Å². The summed E-state index contributed by atoms with van der Waals surface area (Å²) in [5, 5.41) is 6.83. The van der Waals surface area contributed by atoms with E-state index >= 15 is 0 Å². The maximum atomic E-state index is 11.8. The molecule has 1 aromatic rings. The topological polar surface area (TPSA) is 80.9 Å². The van der Waals surface area contributed by atoms with Crippen LogP contribution in [0.4, 0.5) is 0 Å². The third-order valence-corrected chi connectivity index (χ3v) is 3.16. The number of nitrogens with zero attached hydrogens (tertiary/aromatic N) is 2. The molecule has 0 saturated heterocycles. The molecular formula is C9H14N4OS. The minimum Gasteiger partial charge on any atom is -0.347 e. The lowest BCUT2D eigenvalue weighted by molar-refractivity contribution is 0.0953. The minimum atomic E-state index is -0.0911. The number of aromatic nitrogens is 2. The van der Waals surface area contributed by atoms with Gasteiger partial charge in [0.05, 0.1) is 5.69 Å². The van der Waals surface area contributed by atoms with Gasteiger partial charge in [0.15, 0.2) is 0 Å². The third-order valence-electron chi connectivity index (χ3n) is 2.42. The Labute approximate surface area is 92.2 Å². The summed E-state index contributed by atoms with van der Waals surface area (Å²) in [6.45, 7) is 3.99. The predicted molar refractivity (Wildman–Crippen MR) is 57.8 cm³/mol. The molecule has 82 valence electrons. The smallest absolute Gasteiger partial charge is 0.265 e. The Hall–Kier alpha value is -1.01. The molecule has 5 nitrogen and oxygen atoms in total. The number of carbonyl (C=O) groups excluding carboxylic acids is 1. The molecule has 2 unspecified atom stereocenters. The van der Waals surface area contributed by atoms with Crippen molar-refractivity contribution >= 4 is 17.4 Å². The zero-order valence-electron chi connectivity index (χ0n) is 8.73. The van der Waals surface area contributed by atoms with E-state index in [0.29, 0.717) is 4.88 Å². The first-order valence-electron chi connectivity index (χ1n) is 4.98. The Morgan fingerprint density at radius 1 is 1.67 bits per heavy atom. The zero-order chi connectivity index (χ0) is 11.0. The van der Waals surface area contributed by atoms with Gasteiger partial charge in [-0.25, -0.2) is 0 Å². The number of carbonyl (C=O) groups is 1. The highest BCUT2D eigenvalue weighted by molar-refractivity contribution is 7.08.